The predicted octanol–water partition coefficient (Wildman–Crippen LogP) is 1.37. The van der Waals surface area contributed by atoms with Crippen molar-refractivity contribution in [1.82, 2.24) is 15.5 Å². The highest BCUT2D eigenvalue weighted by molar-refractivity contribution is 5.94. The Labute approximate surface area is 152 Å². The molecule has 0 bridgehead atoms. The number of amides is 2. The van der Waals surface area contributed by atoms with Gasteiger partial charge in [-0.1, -0.05) is 6.07 Å². The molecule has 0 unspecified atom stereocenters. The van der Waals surface area contributed by atoms with Crippen LogP contribution in [0.2, 0.25) is 0 Å². The first-order valence-electron chi connectivity index (χ1n) is 8.52. The summed E-state index contributed by atoms with van der Waals surface area (Å²) in [7, 11) is 1.92. The van der Waals surface area contributed by atoms with Gasteiger partial charge in [-0.3, -0.25) is 4.90 Å². The molecule has 1 aromatic carbocycles. The van der Waals surface area contributed by atoms with Gasteiger partial charge in [0.2, 0.25) is 6.79 Å². The van der Waals surface area contributed by atoms with E-state index < -0.39 is 12.0 Å². The first kappa shape index (κ1) is 18.1. The minimum absolute atomic E-state index is 0.237. The van der Waals surface area contributed by atoms with Gasteiger partial charge in [0, 0.05) is 18.8 Å². The summed E-state index contributed by atoms with van der Waals surface area (Å²) in [5.74, 6) is 1.05. The molecule has 1 aromatic rings. The molecule has 8 nitrogen and oxygen atoms in total. The Morgan fingerprint density at radius 3 is 2.85 bits per heavy atom. The highest BCUT2D eigenvalue weighted by Crippen LogP contribution is 2.32. The molecule has 0 spiro atoms. The Morgan fingerprint density at radius 1 is 1.31 bits per heavy atom. The van der Waals surface area contributed by atoms with Crippen LogP contribution in [0.4, 0.5) is 4.79 Å². The first-order chi connectivity index (χ1) is 12.5. The second kappa shape index (κ2) is 7.65. The van der Waals surface area contributed by atoms with E-state index in [1.165, 1.54) is 0 Å². The monoisotopic (exact) mass is 361 g/mol. The van der Waals surface area contributed by atoms with E-state index in [1.807, 2.05) is 30.1 Å². The van der Waals surface area contributed by atoms with E-state index >= 15 is 0 Å². The SMILES string of the molecule is CCOC(=O)C1=C(CN(C)Cc2ccc3c(c2)OCO3)NC(=O)N[C@H]1C. The van der Waals surface area contributed by atoms with Crippen molar-refractivity contribution >= 4 is 12.0 Å². The Bertz CT molecular complexity index is 746. The number of carbonyl (C=O) groups excluding carboxylic acids is 2. The number of nitrogens with zero attached hydrogens (tertiary/aromatic N) is 1. The summed E-state index contributed by atoms with van der Waals surface area (Å²) >= 11 is 0. The molecule has 0 aliphatic carbocycles. The molecule has 2 amide bonds. The van der Waals surface area contributed by atoms with Crippen LogP contribution in [0.25, 0.3) is 0 Å². The molecule has 0 aromatic heterocycles. The van der Waals surface area contributed by atoms with E-state index in [4.69, 9.17) is 14.2 Å². The summed E-state index contributed by atoms with van der Waals surface area (Å²) < 4.78 is 15.8. The van der Waals surface area contributed by atoms with Crippen molar-refractivity contribution in [2.24, 2.45) is 0 Å². The predicted molar refractivity (Wildman–Crippen MR) is 93.7 cm³/mol. The third-order valence-corrected chi connectivity index (χ3v) is 4.18. The summed E-state index contributed by atoms with van der Waals surface area (Å²) in [4.78, 5) is 26.1. The lowest BCUT2D eigenvalue weighted by Crippen LogP contribution is -2.51. The fourth-order valence-corrected chi connectivity index (χ4v) is 3.08. The fourth-order valence-electron chi connectivity index (χ4n) is 3.08. The molecule has 1 atom stereocenters. The Kier molecular flexibility index (Phi) is 5.32. The molecule has 140 valence electrons. The maximum absolute atomic E-state index is 12.3. The van der Waals surface area contributed by atoms with Crippen LogP contribution in [0.3, 0.4) is 0 Å². The van der Waals surface area contributed by atoms with E-state index in [-0.39, 0.29) is 19.4 Å². The zero-order valence-corrected chi connectivity index (χ0v) is 15.1. The van der Waals surface area contributed by atoms with Gasteiger partial charge in [0.05, 0.1) is 18.2 Å². The number of hydrogen-bond acceptors (Lipinski definition) is 6. The van der Waals surface area contributed by atoms with E-state index in [0.717, 1.165) is 17.1 Å². The highest BCUT2D eigenvalue weighted by atomic mass is 16.7. The van der Waals surface area contributed by atoms with Gasteiger partial charge in [-0.2, -0.15) is 0 Å². The number of nitrogens with one attached hydrogen (secondary N) is 2. The molecule has 3 rings (SSSR count). The lowest BCUT2D eigenvalue weighted by Gasteiger charge is -2.29. The summed E-state index contributed by atoms with van der Waals surface area (Å²) in [6, 6.07) is 5.05. The van der Waals surface area contributed by atoms with Crippen LogP contribution >= 0.6 is 0 Å². The molecule has 0 saturated carbocycles. The number of rotatable bonds is 6. The number of hydrogen-bond donors (Lipinski definition) is 2. The topological polar surface area (TPSA) is 89.1 Å². The average molecular weight is 361 g/mol. The normalized spacial score (nSPS) is 18.6. The summed E-state index contributed by atoms with van der Waals surface area (Å²) in [6.07, 6.45) is 0. The third kappa shape index (κ3) is 3.91. The number of carbonyl (C=O) groups is 2. The summed E-state index contributed by atoms with van der Waals surface area (Å²) in [6.45, 7) is 5.06. The molecule has 8 heteroatoms. The zero-order chi connectivity index (χ0) is 18.7. The number of benzene rings is 1. The molecule has 2 N–H and O–H groups in total. The van der Waals surface area contributed by atoms with Crippen LogP contribution in [-0.4, -0.2) is 49.9 Å². The maximum atomic E-state index is 12.3. The standard InChI is InChI=1S/C18H23N3O5/c1-4-24-17(22)16-11(2)19-18(23)20-13(16)9-21(3)8-12-5-6-14-15(7-12)26-10-25-14/h5-7,11H,4,8-10H2,1-3H3,(H2,19,20,23)/t11-/m0/s1. The van der Waals surface area contributed by atoms with Crippen LogP contribution in [0.1, 0.15) is 19.4 Å². The van der Waals surface area contributed by atoms with Crippen molar-refractivity contribution in [2.45, 2.75) is 26.4 Å². The third-order valence-electron chi connectivity index (χ3n) is 4.18. The minimum atomic E-state index is -0.418. The highest BCUT2D eigenvalue weighted by Gasteiger charge is 2.30. The first-order valence-corrected chi connectivity index (χ1v) is 8.52. The van der Waals surface area contributed by atoms with Crippen molar-refractivity contribution in [3.63, 3.8) is 0 Å². The van der Waals surface area contributed by atoms with Gasteiger partial charge in [-0.05, 0) is 38.6 Å². The Hall–Kier alpha value is -2.74. The minimum Gasteiger partial charge on any atom is -0.463 e. The number of fused-ring (bicyclic) bond motifs is 1. The van der Waals surface area contributed by atoms with Crippen molar-refractivity contribution in [3.05, 3.63) is 35.0 Å². The fraction of sp³-hybridized carbons (Fsp3) is 0.444. The van der Waals surface area contributed by atoms with Crippen LogP contribution in [0.5, 0.6) is 11.5 Å². The Morgan fingerprint density at radius 2 is 2.08 bits per heavy atom. The van der Waals surface area contributed by atoms with Gasteiger partial charge in [0.1, 0.15) is 0 Å². The van der Waals surface area contributed by atoms with Crippen LogP contribution in [0.15, 0.2) is 29.5 Å². The van der Waals surface area contributed by atoms with Crippen molar-refractivity contribution in [2.75, 3.05) is 27.0 Å². The zero-order valence-electron chi connectivity index (χ0n) is 15.1. The van der Waals surface area contributed by atoms with E-state index in [9.17, 15) is 9.59 Å². The number of likely N-dealkylation sites (N-methyl/N-ethyl adjacent to an activating group) is 1. The van der Waals surface area contributed by atoms with Gasteiger partial charge < -0.3 is 24.8 Å². The van der Waals surface area contributed by atoms with Crippen LogP contribution < -0.4 is 20.1 Å². The molecule has 0 radical (unpaired) electrons. The lowest BCUT2D eigenvalue weighted by atomic mass is 10.0. The molecule has 0 saturated heterocycles. The summed E-state index contributed by atoms with van der Waals surface area (Å²) in [5.41, 5.74) is 2.05. The molecular formula is C18H23N3O5. The molecule has 2 aliphatic rings. The van der Waals surface area contributed by atoms with Gasteiger partial charge in [0.25, 0.3) is 0 Å². The number of ether oxygens (including phenoxy) is 3. The van der Waals surface area contributed by atoms with E-state index in [2.05, 4.69) is 10.6 Å². The second-order valence-corrected chi connectivity index (χ2v) is 6.29. The van der Waals surface area contributed by atoms with Crippen LogP contribution in [-0.2, 0) is 16.1 Å². The van der Waals surface area contributed by atoms with Gasteiger partial charge in [0.15, 0.2) is 11.5 Å². The van der Waals surface area contributed by atoms with Crippen LogP contribution in [0, 0.1) is 0 Å². The molecule has 2 aliphatic heterocycles. The Balaban J connectivity index is 1.74. The van der Waals surface area contributed by atoms with Crippen molar-refractivity contribution in [1.29, 1.82) is 0 Å². The van der Waals surface area contributed by atoms with Crippen molar-refractivity contribution < 1.29 is 23.8 Å². The second-order valence-electron chi connectivity index (χ2n) is 6.29. The van der Waals surface area contributed by atoms with E-state index in [0.29, 0.717) is 24.4 Å². The quantitative estimate of drug-likeness (QED) is 0.744. The molecule has 26 heavy (non-hydrogen) atoms. The lowest BCUT2D eigenvalue weighted by molar-refractivity contribution is -0.139. The smallest absolute Gasteiger partial charge is 0.337 e. The molecule has 0 fully saturated rings. The summed E-state index contributed by atoms with van der Waals surface area (Å²) in [5, 5.41) is 5.43. The molecule has 2 heterocycles. The van der Waals surface area contributed by atoms with Gasteiger partial charge >= 0.3 is 12.0 Å². The van der Waals surface area contributed by atoms with Crippen molar-refractivity contribution in [3.8, 4) is 11.5 Å². The maximum Gasteiger partial charge on any atom is 0.337 e. The van der Waals surface area contributed by atoms with Gasteiger partial charge in [-0.15, -0.1) is 0 Å². The van der Waals surface area contributed by atoms with E-state index in [1.54, 1.807) is 13.8 Å². The largest absolute Gasteiger partial charge is 0.463 e. The number of urea groups is 1. The van der Waals surface area contributed by atoms with Gasteiger partial charge in [-0.25, -0.2) is 9.59 Å². The number of esters is 1. The average Bonchev–Trinajstić information content (AvgIpc) is 3.01. The molecular weight excluding hydrogens is 338 g/mol.